The van der Waals surface area contributed by atoms with Crippen LogP contribution < -0.4 is 5.73 Å². The monoisotopic (exact) mass is 343 g/mol. The minimum absolute atomic E-state index is 0.136. The molecular weight excluding hydrogens is 319 g/mol. The number of hydrogen-bond donors (Lipinski definition) is 1. The van der Waals surface area contributed by atoms with Gasteiger partial charge >= 0.3 is 6.18 Å². The maximum atomic E-state index is 12.6. The van der Waals surface area contributed by atoms with E-state index in [0.717, 1.165) is 43.8 Å². The molecule has 1 heterocycles. The van der Waals surface area contributed by atoms with Crippen LogP contribution in [0.3, 0.4) is 0 Å². The van der Waals surface area contributed by atoms with E-state index in [1.165, 1.54) is 12.1 Å². The second-order valence-corrected chi connectivity index (χ2v) is 6.10. The highest BCUT2D eigenvalue weighted by molar-refractivity contribution is 5.76. The molecule has 24 heavy (non-hydrogen) atoms. The van der Waals surface area contributed by atoms with Gasteiger partial charge < -0.3 is 10.6 Å². The molecule has 7 heteroatoms. The third-order valence-corrected chi connectivity index (χ3v) is 4.22. The zero-order chi connectivity index (χ0) is 17.6. The van der Waals surface area contributed by atoms with Crippen molar-refractivity contribution >= 4 is 5.91 Å². The third kappa shape index (κ3) is 5.49. The van der Waals surface area contributed by atoms with Crippen molar-refractivity contribution in [2.75, 3.05) is 32.7 Å². The average molecular weight is 343 g/mol. The normalized spacial score (nSPS) is 16.9. The van der Waals surface area contributed by atoms with E-state index in [-0.39, 0.29) is 5.91 Å². The van der Waals surface area contributed by atoms with Gasteiger partial charge in [-0.1, -0.05) is 12.1 Å². The lowest BCUT2D eigenvalue weighted by atomic mass is 10.1. The summed E-state index contributed by atoms with van der Waals surface area (Å²) in [6.45, 7) is 4.07. The number of carbonyl (C=O) groups is 1. The molecule has 4 nitrogen and oxygen atoms in total. The average Bonchev–Trinajstić information content (AvgIpc) is 2.78. The second-order valence-electron chi connectivity index (χ2n) is 6.10. The molecule has 1 aliphatic heterocycles. The van der Waals surface area contributed by atoms with Crippen LogP contribution in [0.15, 0.2) is 24.3 Å². The summed E-state index contributed by atoms with van der Waals surface area (Å²) in [5, 5.41) is 0. The van der Waals surface area contributed by atoms with Crippen molar-refractivity contribution in [3.8, 4) is 0 Å². The topological polar surface area (TPSA) is 49.6 Å². The second kappa shape index (κ2) is 8.48. The van der Waals surface area contributed by atoms with E-state index in [4.69, 9.17) is 5.73 Å². The molecule has 0 radical (unpaired) electrons. The van der Waals surface area contributed by atoms with Crippen molar-refractivity contribution in [2.45, 2.75) is 32.0 Å². The number of halogens is 3. The van der Waals surface area contributed by atoms with Crippen LogP contribution in [0.4, 0.5) is 13.2 Å². The van der Waals surface area contributed by atoms with Crippen LogP contribution in [0.25, 0.3) is 0 Å². The minimum Gasteiger partial charge on any atom is -0.341 e. The number of carbonyl (C=O) groups excluding carboxylic acids is 1. The molecule has 1 aliphatic rings. The molecule has 2 rings (SSSR count). The van der Waals surface area contributed by atoms with E-state index < -0.39 is 11.7 Å². The van der Waals surface area contributed by atoms with Crippen molar-refractivity contribution < 1.29 is 18.0 Å². The molecular formula is C17H24F3N3O. The lowest BCUT2D eigenvalue weighted by Gasteiger charge is -2.22. The van der Waals surface area contributed by atoms with Crippen molar-refractivity contribution in [1.82, 2.24) is 9.80 Å². The molecule has 0 aromatic heterocycles. The van der Waals surface area contributed by atoms with Gasteiger partial charge in [0.05, 0.1) is 5.56 Å². The van der Waals surface area contributed by atoms with Gasteiger partial charge in [0.25, 0.3) is 0 Å². The summed E-state index contributed by atoms with van der Waals surface area (Å²) in [6.07, 6.45) is -2.25. The van der Waals surface area contributed by atoms with Gasteiger partial charge in [-0.3, -0.25) is 9.69 Å². The van der Waals surface area contributed by atoms with Gasteiger partial charge in [-0.05, 0) is 37.1 Å². The Morgan fingerprint density at radius 1 is 1.08 bits per heavy atom. The smallest absolute Gasteiger partial charge is 0.341 e. The van der Waals surface area contributed by atoms with Crippen LogP contribution in [0.5, 0.6) is 0 Å². The molecule has 0 atom stereocenters. The number of rotatable bonds is 5. The summed E-state index contributed by atoms with van der Waals surface area (Å²) >= 11 is 0. The number of alkyl halides is 3. The summed E-state index contributed by atoms with van der Waals surface area (Å²) in [5.41, 5.74) is 5.66. The lowest BCUT2D eigenvalue weighted by molar-refractivity contribution is -0.137. The third-order valence-electron chi connectivity index (χ3n) is 4.22. The maximum absolute atomic E-state index is 12.6. The standard InChI is InChI=1S/C17H24F3N3O/c18-17(19,20)15-6-4-14(5-7-15)13-22-9-2-10-23(12-11-22)16(24)3-1-8-21/h4-7H,1-3,8-13,21H2. The molecule has 1 fully saturated rings. The van der Waals surface area contributed by atoms with E-state index in [2.05, 4.69) is 4.90 Å². The Bertz CT molecular complexity index is 531. The Kier molecular flexibility index (Phi) is 6.62. The van der Waals surface area contributed by atoms with Gasteiger partial charge in [-0.25, -0.2) is 0 Å². The molecule has 1 aromatic carbocycles. The Balaban J connectivity index is 1.87. The quantitative estimate of drug-likeness (QED) is 0.894. The molecule has 0 unspecified atom stereocenters. The Morgan fingerprint density at radius 3 is 2.42 bits per heavy atom. The molecule has 1 saturated heterocycles. The zero-order valence-electron chi connectivity index (χ0n) is 13.7. The van der Waals surface area contributed by atoms with E-state index in [9.17, 15) is 18.0 Å². The van der Waals surface area contributed by atoms with Crippen LogP contribution in [0.2, 0.25) is 0 Å². The summed E-state index contributed by atoms with van der Waals surface area (Å²) in [5.74, 6) is 0.136. The summed E-state index contributed by atoms with van der Waals surface area (Å²) in [4.78, 5) is 16.1. The first-order valence-electron chi connectivity index (χ1n) is 8.26. The number of hydrogen-bond acceptors (Lipinski definition) is 3. The maximum Gasteiger partial charge on any atom is 0.416 e. The highest BCUT2D eigenvalue weighted by Crippen LogP contribution is 2.29. The van der Waals surface area contributed by atoms with Crippen LogP contribution in [-0.2, 0) is 17.5 Å². The number of nitrogens with two attached hydrogens (primary N) is 1. The first kappa shape index (κ1) is 18.7. The fraction of sp³-hybridized carbons (Fsp3) is 0.588. The highest BCUT2D eigenvalue weighted by atomic mass is 19.4. The molecule has 0 spiro atoms. The SMILES string of the molecule is NCCCC(=O)N1CCCN(Cc2ccc(C(F)(F)F)cc2)CC1. The predicted octanol–water partition coefficient (Wildman–Crippen LogP) is 2.48. The minimum atomic E-state index is -4.30. The summed E-state index contributed by atoms with van der Waals surface area (Å²) in [7, 11) is 0. The van der Waals surface area contributed by atoms with E-state index >= 15 is 0 Å². The number of amides is 1. The largest absolute Gasteiger partial charge is 0.416 e. The summed E-state index contributed by atoms with van der Waals surface area (Å²) in [6, 6.07) is 5.29. The summed E-state index contributed by atoms with van der Waals surface area (Å²) < 4.78 is 37.8. The van der Waals surface area contributed by atoms with Crippen LogP contribution in [-0.4, -0.2) is 48.4 Å². The van der Waals surface area contributed by atoms with Crippen LogP contribution in [0.1, 0.15) is 30.4 Å². The lowest BCUT2D eigenvalue weighted by Crippen LogP contribution is -2.35. The van der Waals surface area contributed by atoms with Crippen molar-refractivity contribution in [3.63, 3.8) is 0 Å². The van der Waals surface area contributed by atoms with E-state index in [1.807, 2.05) is 4.90 Å². The molecule has 2 N–H and O–H groups in total. The Labute approximate surface area is 140 Å². The zero-order valence-corrected chi connectivity index (χ0v) is 13.7. The Hall–Kier alpha value is -1.60. The predicted molar refractivity (Wildman–Crippen MR) is 86.2 cm³/mol. The van der Waals surface area contributed by atoms with Gasteiger partial charge in [0, 0.05) is 39.1 Å². The van der Waals surface area contributed by atoms with Crippen molar-refractivity contribution in [3.05, 3.63) is 35.4 Å². The molecule has 0 saturated carbocycles. The molecule has 0 aliphatic carbocycles. The van der Waals surface area contributed by atoms with Gasteiger partial charge in [0.1, 0.15) is 0 Å². The number of nitrogens with zero attached hydrogens (tertiary/aromatic N) is 2. The first-order valence-corrected chi connectivity index (χ1v) is 8.26. The molecule has 134 valence electrons. The first-order chi connectivity index (χ1) is 11.4. The van der Waals surface area contributed by atoms with Gasteiger partial charge in [-0.15, -0.1) is 0 Å². The van der Waals surface area contributed by atoms with E-state index in [1.54, 1.807) is 0 Å². The van der Waals surface area contributed by atoms with Crippen LogP contribution in [0, 0.1) is 0 Å². The van der Waals surface area contributed by atoms with E-state index in [0.29, 0.717) is 32.5 Å². The molecule has 0 bridgehead atoms. The van der Waals surface area contributed by atoms with Gasteiger partial charge in [0.15, 0.2) is 0 Å². The van der Waals surface area contributed by atoms with Crippen LogP contribution >= 0.6 is 0 Å². The van der Waals surface area contributed by atoms with Gasteiger partial charge in [0.2, 0.25) is 5.91 Å². The van der Waals surface area contributed by atoms with Crippen molar-refractivity contribution in [2.24, 2.45) is 5.73 Å². The molecule has 1 amide bonds. The number of benzene rings is 1. The fourth-order valence-electron chi connectivity index (χ4n) is 2.85. The molecule has 1 aromatic rings. The Morgan fingerprint density at radius 2 is 1.79 bits per heavy atom. The fourth-order valence-corrected chi connectivity index (χ4v) is 2.85. The van der Waals surface area contributed by atoms with Crippen molar-refractivity contribution in [1.29, 1.82) is 0 Å². The highest BCUT2D eigenvalue weighted by Gasteiger charge is 2.30. The van der Waals surface area contributed by atoms with Gasteiger partial charge in [-0.2, -0.15) is 13.2 Å².